The SMILES string of the molecule is O=C(c1cccs1)C1C=CC(/C=C/c2ccccc2)=NC1. The Morgan fingerprint density at radius 1 is 1.14 bits per heavy atom. The average molecular weight is 293 g/mol. The van der Waals surface area contributed by atoms with E-state index in [0.29, 0.717) is 6.54 Å². The van der Waals surface area contributed by atoms with Crippen molar-refractivity contribution in [1.29, 1.82) is 0 Å². The van der Waals surface area contributed by atoms with Crippen LogP contribution in [-0.4, -0.2) is 18.0 Å². The number of thiophene rings is 1. The van der Waals surface area contributed by atoms with Gasteiger partial charge in [-0.3, -0.25) is 9.79 Å². The molecule has 0 spiro atoms. The van der Waals surface area contributed by atoms with Crippen LogP contribution in [0.1, 0.15) is 15.2 Å². The van der Waals surface area contributed by atoms with E-state index in [9.17, 15) is 4.79 Å². The Bertz CT molecular complexity index is 696. The van der Waals surface area contributed by atoms with Gasteiger partial charge < -0.3 is 0 Å². The van der Waals surface area contributed by atoms with Crippen molar-refractivity contribution in [3.63, 3.8) is 0 Å². The van der Waals surface area contributed by atoms with Gasteiger partial charge in [0, 0.05) is 0 Å². The van der Waals surface area contributed by atoms with Crippen molar-refractivity contribution in [1.82, 2.24) is 0 Å². The van der Waals surface area contributed by atoms with Gasteiger partial charge in [-0.1, -0.05) is 48.6 Å². The van der Waals surface area contributed by atoms with E-state index in [2.05, 4.69) is 4.99 Å². The monoisotopic (exact) mass is 293 g/mol. The minimum Gasteiger partial charge on any atom is -0.293 e. The predicted molar refractivity (Wildman–Crippen MR) is 89.1 cm³/mol. The lowest BCUT2D eigenvalue weighted by atomic mass is 9.99. The van der Waals surface area contributed by atoms with Gasteiger partial charge in [-0.05, 0) is 29.2 Å². The summed E-state index contributed by atoms with van der Waals surface area (Å²) in [5.41, 5.74) is 2.06. The number of carbonyl (C=O) groups excluding carboxylic acids is 1. The zero-order valence-electron chi connectivity index (χ0n) is 11.5. The van der Waals surface area contributed by atoms with E-state index in [4.69, 9.17) is 0 Å². The molecule has 3 heteroatoms. The summed E-state index contributed by atoms with van der Waals surface area (Å²) in [6, 6.07) is 13.9. The molecule has 1 atom stereocenters. The molecule has 0 saturated heterocycles. The molecule has 1 aromatic carbocycles. The highest BCUT2D eigenvalue weighted by Gasteiger charge is 2.19. The molecule has 1 unspecified atom stereocenters. The molecule has 0 fully saturated rings. The van der Waals surface area contributed by atoms with Crippen LogP contribution >= 0.6 is 11.3 Å². The van der Waals surface area contributed by atoms with Crippen LogP contribution in [0, 0.1) is 5.92 Å². The fourth-order valence-electron chi connectivity index (χ4n) is 2.16. The van der Waals surface area contributed by atoms with Gasteiger partial charge in [-0.25, -0.2) is 0 Å². The molecule has 1 aromatic heterocycles. The second-order valence-electron chi connectivity index (χ2n) is 4.82. The molecule has 0 bridgehead atoms. The van der Waals surface area contributed by atoms with E-state index in [-0.39, 0.29) is 11.7 Å². The fourth-order valence-corrected chi connectivity index (χ4v) is 2.89. The van der Waals surface area contributed by atoms with Crippen molar-refractivity contribution >= 4 is 28.9 Å². The Kier molecular flexibility index (Phi) is 4.22. The van der Waals surface area contributed by atoms with Gasteiger partial charge in [0.25, 0.3) is 0 Å². The van der Waals surface area contributed by atoms with Crippen molar-refractivity contribution in [3.8, 4) is 0 Å². The maximum atomic E-state index is 12.2. The van der Waals surface area contributed by atoms with Crippen LogP contribution < -0.4 is 0 Å². The quantitative estimate of drug-likeness (QED) is 0.774. The highest BCUT2D eigenvalue weighted by atomic mass is 32.1. The number of ketones is 1. The lowest BCUT2D eigenvalue weighted by molar-refractivity contribution is 0.0952. The molecular formula is C18H15NOS. The number of allylic oxidation sites excluding steroid dienone is 2. The summed E-state index contributed by atoms with van der Waals surface area (Å²) in [7, 11) is 0. The van der Waals surface area contributed by atoms with Gasteiger partial charge in [0.1, 0.15) is 0 Å². The van der Waals surface area contributed by atoms with Gasteiger partial charge in [-0.2, -0.15) is 0 Å². The van der Waals surface area contributed by atoms with Crippen molar-refractivity contribution in [2.24, 2.45) is 10.9 Å². The second-order valence-corrected chi connectivity index (χ2v) is 5.76. The number of Topliss-reactive ketones (excluding diaryl/α,β-unsaturated/α-hetero) is 1. The Labute approximate surface area is 128 Å². The largest absolute Gasteiger partial charge is 0.293 e. The van der Waals surface area contributed by atoms with E-state index in [1.54, 1.807) is 0 Å². The van der Waals surface area contributed by atoms with E-state index < -0.39 is 0 Å². The second kappa shape index (κ2) is 6.46. The van der Waals surface area contributed by atoms with Crippen LogP contribution in [0.5, 0.6) is 0 Å². The Hall–Kier alpha value is -2.26. The Morgan fingerprint density at radius 2 is 2.00 bits per heavy atom. The molecule has 1 aliphatic rings. The van der Waals surface area contributed by atoms with Crippen LogP contribution in [0.15, 0.2) is 71.1 Å². The van der Waals surface area contributed by atoms with Gasteiger partial charge >= 0.3 is 0 Å². The highest BCUT2D eigenvalue weighted by Crippen LogP contribution is 2.18. The molecule has 0 radical (unpaired) electrons. The first kappa shape index (κ1) is 13.7. The maximum absolute atomic E-state index is 12.2. The predicted octanol–water partition coefficient (Wildman–Crippen LogP) is 4.27. The summed E-state index contributed by atoms with van der Waals surface area (Å²) in [6.45, 7) is 0.529. The molecule has 0 aliphatic carbocycles. The number of hydrogen-bond acceptors (Lipinski definition) is 3. The normalized spacial score (nSPS) is 17.9. The topological polar surface area (TPSA) is 29.4 Å². The molecule has 21 heavy (non-hydrogen) atoms. The minimum atomic E-state index is -0.127. The molecule has 3 rings (SSSR count). The number of nitrogens with zero attached hydrogens (tertiary/aromatic N) is 1. The van der Waals surface area contributed by atoms with E-state index >= 15 is 0 Å². The van der Waals surface area contributed by atoms with Crippen LogP contribution in [0.3, 0.4) is 0 Å². The first-order chi connectivity index (χ1) is 10.3. The lowest BCUT2D eigenvalue weighted by Crippen LogP contribution is -2.18. The highest BCUT2D eigenvalue weighted by molar-refractivity contribution is 7.12. The van der Waals surface area contributed by atoms with E-state index in [1.165, 1.54) is 11.3 Å². The summed E-state index contributed by atoms with van der Waals surface area (Å²) in [5.74, 6) is 0.0358. The van der Waals surface area contributed by atoms with Crippen LogP contribution in [0.25, 0.3) is 6.08 Å². The molecule has 2 aromatic rings. The third-order valence-electron chi connectivity index (χ3n) is 3.32. The zero-order valence-corrected chi connectivity index (χ0v) is 12.3. The van der Waals surface area contributed by atoms with Gasteiger partial charge in [-0.15, -0.1) is 11.3 Å². The molecular weight excluding hydrogens is 278 g/mol. The Morgan fingerprint density at radius 3 is 2.67 bits per heavy atom. The number of rotatable bonds is 4. The third kappa shape index (κ3) is 3.44. The lowest BCUT2D eigenvalue weighted by Gasteiger charge is -2.12. The van der Waals surface area contributed by atoms with E-state index in [1.807, 2.05) is 72.1 Å². The summed E-state index contributed by atoms with van der Waals surface area (Å²) in [5, 5.41) is 1.93. The number of hydrogen-bond donors (Lipinski definition) is 0. The summed E-state index contributed by atoms with van der Waals surface area (Å²) in [4.78, 5) is 17.5. The van der Waals surface area contributed by atoms with Gasteiger partial charge in [0.05, 0.1) is 23.1 Å². The number of carbonyl (C=O) groups is 1. The third-order valence-corrected chi connectivity index (χ3v) is 4.20. The fraction of sp³-hybridized carbons (Fsp3) is 0.111. The Balaban J connectivity index is 1.64. The number of aliphatic imine (C=N–C) groups is 1. The maximum Gasteiger partial charge on any atom is 0.181 e. The molecule has 1 aliphatic heterocycles. The average Bonchev–Trinajstić information content (AvgIpc) is 3.08. The van der Waals surface area contributed by atoms with Crippen LogP contribution in [-0.2, 0) is 0 Å². The van der Waals surface area contributed by atoms with Gasteiger partial charge in [0.2, 0.25) is 0 Å². The molecule has 2 heterocycles. The summed E-state index contributed by atoms with van der Waals surface area (Å²) >= 11 is 1.49. The van der Waals surface area contributed by atoms with Crippen molar-refractivity contribution in [3.05, 3.63) is 76.5 Å². The van der Waals surface area contributed by atoms with Crippen LogP contribution in [0.4, 0.5) is 0 Å². The minimum absolute atomic E-state index is 0.127. The summed E-state index contributed by atoms with van der Waals surface area (Å²) in [6.07, 6.45) is 7.90. The molecule has 2 nitrogen and oxygen atoms in total. The number of benzene rings is 1. The van der Waals surface area contributed by atoms with Crippen molar-refractivity contribution in [2.45, 2.75) is 0 Å². The zero-order chi connectivity index (χ0) is 14.5. The standard InChI is InChI=1S/C18H15NOS/c20-18(17-7-4-12-21-17)15-9-11-16(19-13-15)10-8-14-5-2-1-3-6-14/h1-12,15H,13H2/b10-8+. The first-order valence-corrected chi connectivity index (χ1v) is 7.74. The molecule has 0 saturated carbocycles. The molecule has 0 N–H and O–H groups in total. The van der Waals surface area contributed by atoms with Crippen molar-refractivity contribution < 1.29 is 4.79 Å². The van der Waals surface area contributed by atoms with Gasteiger partial charge in [0.15, 0.2) is 5.78 Å². The van der Waals surface area contributed by atoms with E-state index in [0.717, 1.165) is 16.2 Å². The summed E-state index contributed by atoms with van der Waals surface area (Å²) < 4.78 is 0. The first-order valence-electron chi connectivity index (χ1n) is 6.86. The smallest absolute Gasteiger partial charge is 0.181 e. The van der Waals surface area contributed by atoms with Crippen molar-refractivity contribution in [2.75, 3.05) is 6.54 Å². The number of dihydropyridines is 1. The molecule has 0 amide bonds. The van der Waals surface area contributed by atoms with Crippen LogP contribution in [0.2, 0.25) is 0 Å². The molecule has 104 valence electrons.